The number of nitrogens with zero attached hydrogens (tertiary/aromatic N) is 1. The van der Waals surface area contributed by atoms with Crippen molar-refractivity contribution in [2.45, 2.75) is 35.5 Å². The third-order valence-corrected chi connectivity index (χ3v) is 8.19. The first-order valence-corrected chi connectivity index (χ1v) is 12.9. The van der Waals surface area contributed by atoms with E-state index in [-0.39, 0.29) is 11.5 Å². The van der Waals surface area contributed by atoms with Crippen LogP contribution in [0.5, 0.6) is 23.0 Å². The van der Waals surface area contributed by atoms with Gasteiger partial charge in [0.2, 0.25) is 0 Å². The molecule has 0 spiro atoms. The molecule has 2 unspecified atom stereocenters. The fourth-order valence-corrected chi connectivity index (χ4v) is 6.30. The van der Waals surface area contributed by atoms with Gasteiger partial charge in [0.05, 0.1) is 15.7 Å². The lowest BCUT2D eigenvalue weighted by atomic mass is 10.00. The van der Waals surface area contributed by atoms with Crippen molar-refractivity contribution in [3.8, 4) is 23.0 Å². The molecule has 7 heteroatoms. The highest BCUT2D eigenvalue weighted by atomic mass is 32.2. The lowest BCUT2D eigenvalue weighted by Crippen LogP contribution is -2.33. The van der Waals surface area contributed by atoms with E-state index in [1.54, 1.807) is 30.3 Å². The van der Waals surface area contributed by atoms with Gasteiger partial charge in [-0.05, 0) is 79.5 Å². The molecule has 34 heavy (non-hydrogen) atoms. The number of phenolic OH excluding ortho intramolecular Hbond substituents is 2. The number of aromatic hydroxyl groups is 2. The van der Waals surface area contributed by atoms with Gasteiger partial charge < -0.3 is 19.7 Å². The van der Waals surface area contributed by atoms with Crippen LogP contribution in [0.25, 0.3) is 0 Å². The Hall–Kier alpha value is -3.03. The number of piperidine rings is 1. The molecule has 1 saturated heterocycles. The molecule has 0 aliphatic carbocycles. The van der Waals surface area contributed by atoms with Crippen LogP contribution in [0.2, 0.25) is 0 Å². The summed E-state index contributed by atoms with van der Waals surface area (Å²) in [6, 6.07) is 19.1. The highest BCUT2D eigenvalue weighted by Gasteiger charge is 2.38. The van der Waals surface area contributed by atoms with Crippen LogP contribution in [0, 0.1) is 0 Å². The van der Waals surface area contributed by atoms with Crippen LogP contribution >= 0.6 is 0 Å². The van der Waals surface area contributed by atoms with Gasteiger partial charge in [-0.25, -0.2) is 0 Å². The Kier molecular flexibility index (Phi) is 6.74. The van der Waals surface area contributed by atoms with Gasteiger partial charge in [-0.1, -0.05) is 30.7 Å². The van der Waals surface area contributed by atoms with Crippen LogP contribution in [0.1, 0.15) is 41.7 Å². The van der Waals surface area contributed by atoms with Crippen LogP contribution in [0.4, 0.5) is 0 Å². The number of rotatable bonds is 6. The summed E-state index contributed by atoms with van der Waals surface area (Å²) < 4.78 is 25.9. The Bertz CT molecular complexity index is 1140. The maximum absolute atomic E-state index is 13.6. The summed E-state index contributed by atoms with van der Waals surface area (Å²) in [5, 5.41) is 19.2. The summed E-state index contributed by atoms with van der Waals surface area (Å²) in [5.74, 6) is 1.48. The van der Waals surface area contributed by atoms with Crippen molar-refractivity contribution in [2.24, 2.45) is 0 Å². The minimum absolute atomic E-state index is 0.0460. The van der Waals surface area contributed by atoms with Crippen LogP contribution in [0.3, 0.4) is 0 Å². The average molecular weight is 480 g/mol. The molecule has 0 amide bonds. The molecule has 0 aromatic heterocycles. The number of phenols is 2. The molecule has 3 aromatic rings. The summed E-state index contributed by atoms with van der Waals surface area (Å²) in [5.41, 5.74) is 1.67. The second kappa shape index (κ2) is 10.1. The van der Waals surface area contributed by atoms with E-state index in [0.29, 0.717) is 17.3 Å². The van der Waals surface area contributed by atoms with E-state index in [1.807, 2.05) is 24.3 Å². The summed E-state index contributed by atoms with van der Waals surface area (Å²) in [7, 11) is -1.47. The molecule has 2 N–H and O–H groups in total. The molecular weight excluding hydrogens is 450 g/mol. The van der Waals surface area contributed by atoms with Crippen LogP contribution < -0.4 is 9.47 Å². The van der Waals surface area contributed by atoms with Crippen molar-refractivity contribution >= 4 is 10.8 Å². The minimum Gasteiger partial charge on any atom is -0.508 e. The summed E-state index contributed by atoms with van der Waals surface area (Å²) in [4.78, 5) is 2.91. The molecular formula is C27H29NO5S. The topological polar surface area (TPSA) is 79.2 Å². The number of hydrogen-bond donors (Lipinski definition) is 2. The number of likely N-dealkylation sites (tertiary alicyclic amines) is 1. The van der Waals surface area contributed by atoms with Crippen LogP contribution in [-0.2, 0) is 10.8 Å². The smallest absolute Gasteiger partial charge is 0.143 e. The molecule has 2 aliphatic heterocycles. The van der Waals surface area contributed by atoms with Crippen molar-refractivity contribution in [3.63, 3.8) is 0 Å². The largest absolute Gasteiger partial charge is 0.508 e. The fourth-order valence-electron chi connectivity index (χ4n) is 4.63. The zero-order valence-corrected chi connectivity index (χ0v) is 19.7. The quantitative estimate of drug-likeness (QED) is 0.521. The van der Waals surface area contributed by atoms with Gasteiger partial charge in [0.15, 0.2) is 0 Å². The predicted molar refractivity (Wildman–Crippen MR) is 131 cm³/mol. The van der Waals surface area contributed by atoms with Gasteiger partial charge >= 0.3 is 0 Å². The van der Waals surface area contributed by atoms with Gasteiger partial charge in [0, 0.05) is 6.54 Å². The maximum atomic E-state index is 13.6. The lowest BCUT2D eigenvalue weighted by molar-refractivity contribution is 0.182. The van der Waals surface area contributed by atoms with Gasteiger partial charge in [-0.15, -0.1) is 0 Å². The third-order valence-electron chi connectivity index (χ3n) is 6.46. The zero-order chi connectivity index (χ0) is 23.5. The number of benzene rings is 3. The second-order valence-corrected chi connectivity index (χ2v) is 10.3. The van der Waals surface area contributed by atoms with E-state index >= 15 is 0 Å². The molecule has 3 atom stereocenters. The Morgan fingerprint density at radius 1 is 0.882 bits per heavy atom. The Morgan fingerprint density at radius 2 is 1.56 bits per heavy atom. The number of fused-ring (bicyclic) bond motifs is 1. The molecule has 3 aromatic carbocycles. The zero-order valence-electron chi connectivity index (χ0n) is 18.9. The van der Waals surface area contributed by atoms with Crippen molar-refractivity contribution in [2.75, 3.05) is 26.2 Å². The van der Waals surface area contributed by atoms with E-state index < -0.39 is 22.2 Å². The molecule has 0 radical (unpaired) electrons. The van der Waals surface area contributed by atoms with Gasteiger partial charge in [0.25, 0.3) is 0 Å². The Morgan fingerprint density at radius 3 is 2.29 bits per heavy atom. The van der Waals surface area contributed by atoms with Crippen molar-refractivity contribution in [3.05, 3.63) is 77.9 Å². The summed E-state index contributed by atoms with van der Waals surface area (Å²) in [6.45, 7) is 3.88. The molecule has 2 aliphatic rings. The molecule has 1 fully saturated rings. The molecule has 0 bridgehead atoms. The van der Waals surface area contributed by atoms with Crippen molar-refractivity contribution < 1.29 is 23.9 Å². The average Bonchev–Trinajstić information content (AvgIpc) is 2.86. The van der Waals surface area contributed by atoms with Gasteiger partial charge in [0.1, 0.15) is 41.0 Å². The van der Waals surface area contributed by atoms with E-state index in [2.05, 4.69) is 4.90 Å². The van der Waals surface area contributed by atoms with E-state index in [0.717, 1.165) is 36.5 Å². The summed E-state index contributed by atoms with van der Waals surface area (Å²) >= 11 is 0. The normalized spacial score (nSPS) is 22.5. The first kappa shape index (κ1) is 22.7. The Balaban J connectivity index is 1.37. The molecule has 0 saturated carbocycles. The summed E-state index contributed by atoms with van der Waals surface area (Å²) in [6.07, 6.45) is 3.36. The SMILES string of the molecule is O=[S@@]1c2cc(O)ccc2OC(c2ccc(OCCN3CCCCC3)cc2)C1c1ccc(O)cc1. The highest BCUT2D eigenvalue weighted by molar-refractivity contribution is 7.85. The number of hydrogen-bond acceptors (Lipinski definition) is 6. The first-order chi connectivity index (χ1) is 16.6. The van der Waals surface area contributed by atoms with E-state index in [9.17, 15) is 14.4 Å². The first-order valence-electron chi connectivity index (χ1n) is 11.7. The molecule has 178 valence electrons. The van der Waals surface area contributed by atoms with E-state index in [1.165, 1.54) is 31.4 Å². The molecule has 5 rings (SSSR count). The lowest BCUT2D eigenvalue weighted by Gasteiger charge is -2.33. The highest BCUT2D eigenvalue weighted by Crippen LogP contribution is 2.47. The fraction of sp³-hybridized carbons (Fsp3) is 0.333. The van der Waals surface area contributed by atoms with Crippen molar-refractivity contribution in [1.29, 1.82) is 0 Å². The Labute approximate surface area is 202 Å². The minimum atomic E-state index is -1.47. The van der Waals surface area contributed by atoms with Gasteiger partial charge in [-0.2, -0.15) is 0 Å². The second-order valence-electron chi connectivity index (χ2n) is 8.80. The monoisotopic (exact) mass is 479 g/mol. The maximum Gasteiger partial charge on any atom is 0.143 e. The predicted octanol–water partition coefficient (Wildman–Crippen LogP) is 4.95. The number of ether oxygens (including phenoxy) is 2. The standard InChI is InChI=1S/C27H29NO5S/c29-21-8-4-20(5-9-21)27-26(33-24-13-10-22(30)18-25(24)34(27)31)19-6-11-23(12-7-19)32-17-16-28-14-2-1-3-15-28/h4-13,18,26-27,29-30H,1-3,14-17H2/t26?,27?,34-/m1/s1. The van der Waals surface area contributed by atoms with Crippen molar-refractivity contribution in [1.82, 2.24) is 4.90 Å². The van der Waals surface area contributed by atoms with E-state index in [4.69, 9.17) is 9.47 Å². The third kappa shape index (κ3) is 4.91. The molecule has 2 heterocycles. The van der Waals surface area contributed by atoms with Crippen LogP contribution in [-0.4, -0.2) is 45.6 Å². The van der Waals surface area contributed by atoms with Gasteiger partial charge in [-0.3, -0.25) is 9.11 Å². The molecule has 6 nitrogen and oxygen atoms in total. The van der Waals surface area contributed by atoms with Crippen LogP contribution in [0.15, 0.2) is 71.6 Å².